The van der Waals surface area contributed by atoms with E-state index in [1.807, 2.05) is 61.0 Å². The third-order valence-corrected chi connectivity index (χ3v) is 7.83. The Morgan fingerprint density at radius 2 is 1.95 bits per heavy atom. The van der Waals surface area contributed by atoms with Crippen LogP contribution in [0.3, 0.4) is 0 Å². The summed E-state index contributed by atoms with van der Waals surface area (Å²) in [6.07, 6.45) is 4.47. The van der Waals surface area contributed by atoms with Crippen LogP contribution >= 0.6 is 11.6 Å². The number of benzene rings is 2. The van der Waals surface area contributed by atoms with Gasteiger partial charge in [0, 0.05) is 61.1 Å². The highest BCUT2D eigenvalue weighted by atomic mass is 35.5. The van der Waals surface area contributed by atoms with Crippen molar-refractivity contribution in [3.05, 3.63) is 53.2 Å². The highest BCUT2D eigenvalue weighted by Gasteiger charge is 2.35. The van der Waals surface area contributed by atoms with E-state index in [0.717, 1.165) is 58.5 Å². The SMILES string of the molecule is CCc1c[nH]c2ccc(-c3cccc(N4CCCN(CCC5CN(C(=O)OC(C)(C)C)C5)C4=O)c3)c(Cl)c12. The van der Waals surface area contributed by atoms with Crippen molar-refractivity contribution >= 4 is 40.3 Å². The normalized spacial score (nSPS) is 16.8. The van der Waals surface area contributed by atoms with Crippen LogP contribution in [0.5, 0.6) is 0 Å². The Morgan fingerprint density at radius 3 is 2.68 bits per heavy atom. The van der Waals surface area contributed by atoms with Gasteiger partial charge in [-0.05, 0) is 75.3 Å². The average molecular weight is 537 g/mol. The molecule has 0 saturated carbocycles. The van der Waals surface area contributed by atoms with Gasteiger partial charge in [-0.15, -0.1) is 0 Å². The van der Waals surface area contributed by atoms with Crippen LogP contribution in [-0.4, -0.2) is 65.2 Å². The van der Waals surface area contributed by atoms with Crippen LogP contribution in [0.4, 0.5) is 15.3 Å². The molecular formula is C30H37ClN4O3. The molecule has 0 bridgehead atoms. The number of halogens is 1. The molecule has 8 heteroatoms. The van der Waals surface area contributed by atoms with Gasteiger partial charge in [0.1, 0.15) is 5.60 Å². The summed E-state index contributed by atoms with van der Waals surface area (Å²) in [6, 6.07) is 12.3. The lowest BCUT2D eigenvalue weighted by atomic mass is 9.96. The number of nitrogens with one attached hydrogen (secondary N) is 1. The van der Waals surface area contributed by atoms with E-state index in [-0.39, 0.29) is 12.1 Å². The number of urea groups is 1. The minimum Gasteiger partial charge on any atom is -0.444 e. The number of nitrogens with zero attached hydrogens (tertiary/aromatic N) is 3. The topological polar surface area (TPSA) is 68.9 Å². The molecule has 0 aliphatic carbocycles. The lowest BCUT2D eigenvalue weighted by Gasteiger charge is -2.41. The number of amides is 3. The number of rotatable bonds is 6. The lowest BCUT2D eigenvalue weighted by Crippen LogP contribution is -2.54. The first-order chi connectivity index (χ1) is 18.1. The van der Waals surface area contributed by atoms with Crippen LogP contribution in [0.1, 0.15) is 46.1 Å². The monoisotopic (exact) mass is 536 g/mol. The highest BCUT2D eigenvalue weighted by molar-refractivity contribution is 6.38. The van der Waals surface area contributed by atoms with E-state index in [1.165, 1.54) is 5.56 Å². The number of carbonyl (C=O) groups excluding carboxylic acids is 2. The molecule has 2 saturated heterocycles. The number of anilines is 1. The van der Waals surface area contributed by atoms with Crippen molar-refractivity contribution in [1.29, 1.82) is 0 Å². The predicted octanol–water partition coefficient (Wildman–Crippen LogP) is 6.94. The fourth-order valence-electron chi connectivity index (χ4n) is 5.39. The molecule has 202 valence electrons. The molecule has 1 N–H and O–H groups in total. The Kier molecular flexibility index (Phi) is 7.32. The van der Waals surface area contributed by atoms with Crippen LogP contribution in [-0.2, 0) is 11.2 Å². The summed E-state index contributed by atoms with van der Waals surface area (Å²) < 4.78 is 5.45. The first kappa shape index (κ1) is 26.4. The van der Waals surface area contributed by atoms with Crippen LogP contribution in [0.2, 0.25) is 5.02 Å². The van der Waals surface area contributed by atoms with E-state index in [0.29, 0.717) is 32.1 Å². The molecule has 1 aromatic heterocycles. The quantitative estimate of drug-likeness (QED) is 0.371. The van der Waals surface area contributed by atoms with Gasteiger partial charge >= 0.3 is 12.1 Å². The number of hydrogen-bond donors (Lipinski definition) is 1. The van der Waals surface area contributed by atoms with Crippen molar-refractivity contribution in [2.45, 2.75) is 52.6 Å². The van der Waals surface area contributed by atoms with Gasteiger partial charge in [0.05, 0.1) is 5.02 Å². The van der Waals surface area contributed by atoms with Crippen LogP contribution in [0.15, 0.2) is 42.6 Å². The van der Waals surface area contributed by atoms with Crippen molar-refractivity contribution in [3.8, 4) is 11.1 Å². The molecule has 2 fully saturated rings. The molecule has 2 aliphatic heterocycles. The van der Waals surface area contributed by atoms with Gasteiger partial charge in [-0.3, -0.25) is 4.90 Å². The minimum atomic E-state index is -0.484. The van der Waals surface area contributed by atoms with Crippen LogP contribution < -0.4 is 4.90 Å². The zero-order chi connectivity index (χ0) is 27.0. The van der Waals surface area contributed by atoms with Crippen molar-refractivity contribution < 1.29 is 14.3 Å². The number of carbonyl (C=O) groups is 2. The second-order valence-corrected chi connectivity index (χ2v) is 11.8. The summed E-state index contributed by atoms with van der Waals surface area (Å²) in [6.45, 7) is 11.3. The molecule has 2 aromatic carbocycles. The fourth-order valence-corrected chi connectivity index (χ4v) is 5.78. The molecule has 7 nitrogen and oxygen atoms in total. The molecule has 0 unspecified atom stereocenters. The van der Waals surface area contributed by atoms with E-state index in [2.05, 4.69) is 24.0 Å². The zero-order valence-corrected chi connectivity index (χ0v) is 23.5. The summed E-state index contributed by atoms with van der Waals surface area (Å²) in [5, 5.41) is 1.81. The number of aromatic nitrogens is 1. The molecule has 0 radical (unpaired) electrons. The molecule has 0 atom stereocenters. The van der Waals surface area contributed by atoms with E-state index in [4.69, 9.17) is 16.3 Å². The molecule has 3 heterocycles. The van der Waals surface area contributed by atoms with E-state index < -0.39 is 5.60 Å². The molecule has 0 spiro atoms. The Hall–Kier alpha value is -3.19. The lowest BCUT2D eigenvalue weighted by molar-refractivity contribution is -0.00305. The number of fused-ring (bicyclic) bond motifs is 1. The maximum atomic E-state index is 13.4. The molecule has 3 aromatic rings. The fraction of sp³-hybridized carbons (Fsp3) is 0.467. The van der Waals surface area contributed by atoms with E-state index >= 15 is 0 Å². The first-order valence-electron chi connectivity index (χ1n) is 13.6. The van der Waals surface area contributed by atoms with Crippen molar-refractivity contribution in [2.75, 3.05) is 37.6 Å². The van der Waals surface area contributed by atoms with Gasteiger partial charge in [-0.25, -0.2) is 9.59 Å². The van der Waals surface area contributed by atoms with Gasteiger partial charge in [-0.1, -0.05) is 36.7 Å². The Labute approximate surface area is 229 Å². The standard InChI is InChI=1S/C30H37ClN4O3/c1-5-21-17-32-25-11-10-24(27(31)26(21)25)22-8-6-9-23(16-22)35-14-7-13-33(28(35)36)15-12-20-18-34(19-20)29(37)38-30(2,3)4/h6,8-11,16-17,20,32H,5,7,12-15,18-19H2,1-4H3. The highest BCUT2D eigenvalue weighted by Crippen LogP contribution is 2.37. The molecule has 5 rings (SSSR count). The van der Waals surface area contributed by atoms with Gasteiger partial charge in [0.25, 0.3) is 0 Å². The van der Waals surface area contributed by atoms with Crippen LogP contribution in [0.25, 0.3) is 22.0 Å². The van der Waals surface area contributed by atoms with E-state index in [9.17, 15) is 9.59 Å². The Bertz CT molecular complexity index is 1340. The third-order valence-electron chi connectivity index (χ3n) is 7.44. The van der Waals surface area contributed by atoms with Gasteiger partial charge in [0.15, 0.2) is 0 Å². The maximum Gasteiger partial charge on any atom is 0.410 e. The van der Waals surface area contributed by atoms with Crippen molar-refractivity contribution in [3.63, 3.8) is 0 Å². The maximum absolute atomic E-state index is 13.4. The molecule has 2 aliphatic rings. The Balaban J connectivity index is 1.24. The minimum absolute atomic E-state index is 0.0391. The number of hydrogen-bond acceptors (Lipinski definition) is 3. The van der Waals surface area contributed by atoms with Crippen molar-refractivity contribution in [1.82, 2.24) is 14.8 Å². The number of likely N-dealkylation sites (tertiary alicyclic amines) is 1. The summed E-state index contributed by atoms with van der Waals surface area (Å²) in [4.78, 5) is 34.5. The largest absolute Gasteiger partial charge is 0.444 e. The number of H-pyrrole nitrogens is 1. The Morgan fingerprint density at radius 1 is 1.16 bits per heavy atom. The van der Waals surface area contributed by atoms with E-state index in [1.54, 1.807) is 4.90 Å². The molecule has 38 heavy (non-hydrogen) atoms. The number of ether oxygens (including phenoxy) is 1. The van der Waals surface area contributed by atoms with Crippen LogP contribution in [0, 0.1) is 5.92 Å². The summed E-state index contributed by atoms with van der Waals surface area (Å²) in [7, 11) is 0. The summed E-state index contributed by atoms with van der Waals surface area (Å²) in [5.41, 5.74) is 4.61. The van der Waals surface area contributed by atoms with Crippen molar-refractivity contribution in [2.24, 2.45) is 5.92 Å². The smallest absolute Gasteiger partial charge is 0.410 e. The van der Waals surface area contributed by atoms with Gasteiger partial charge in [0.2, 0.25) is 0 Å². The van der Waals surface area contributed by atoms with Gasteiger partial charge in [-0.2, -0.15) is 0 Å². The molecule has 3 amide bonds. The summed E-state index contributed by atoms with van der Waals surface area (Å²) in [5.74, 6) is 0.396. The predicted molar refractivity (Wildman–Crippen MR) is 153 cm³/mol. The third kappa shape index (κ3) is 5.35. The average Bonchev–Trinajstić information content (AvgIpc) is 3.27. The second kappa shape index (κ2) is 10.5. The molecular weight excluding hydrogens is 500 g/mol. The number of aromatic amines is 1. The second-order valence-electron chi connectivity index (χ2n) is 11.4. The van der Waals surface area contributed by atoms with Gasteiger partial charge < -0.3 is 19.5 Å². The number of aryl methyl sites for hydroxylation is 1. The summed E-state index contributed by atoms with van der Waals surface area (Å²) >= 11 is 6.90. The zero-order valence-electron chi connectivity index (χ0n) is 22.7. The first-order valence-corrected chi connectivity index (χ1v) is 14.0.